The first kappa shape index (κ1) is 68.6. The Bertz CT molecular complexity index is 2510. The van der Waals surface area contributed by atoms with Crippen LogP contribution in [0.25, 0.3) is 0 Å². The maximum absolute atomic E-state index is 13.2. The van der Waals surface area contributed by atoms with Gasteiger partial charge in [0.05, 0.1) is 50.2 Å². The van der Waals surface area contributed by atoms with E-state index in [2.05, 4.69) is 54.5 Å². The molecule has 6 heterocycles. The lowest BCUT2D eigenvalue weighted by atomic mass is 9.33. The minimum absolute atomic E-state index is 0.00164. The third-order valence-corrected chi connectivity index (χ3v) is 24.1. The number of rotatable bonds is 13. The number of hydrogen-bond acceptors (Lipinski definition) is 26. The number of hydrogen-bond donors (Lipinski definition) is 14. The summed E-state index contributed by atoms with van der Waals surface area (Å²) in [6, 6.07) is 0. The first-order chi connectivity index (χ1) is 41.7. The Morgan fingerprint density at radius 1 is 0.461 bits per heavy atom. The molecule has 14 N–H and O–H groups in total. The Labute approximate surface area is 518 Å². The van der Waals surface area contributed by atoms with Crippen molar-refractivity contribution in [2.45, 2.75) is 292 Å². The van der Waals surface area contributed by atoms with Crippen molar-refractivity contribution in [1.82, 2.24) is 0 Å². The first-order valence-electron chi connectivity index (χ1n) is 32.2. The number of aliphatic carboxylic acids is 1. The van der Waals surface area contributed by atoms with Crippen molar-refractivity contribution in [2.75, 3.05) is 26.4 Å². The Hall–Kier alpha value is -1.79. The van der Waals surface area contributed by atoms with Gasteiger partial charge in [0.2, 0.25) is 0 Å². The number of aliphatic hydroxyl groups is 13. The number of carboxylic acids is 1. The fourth-order valence-corrected chi connectivity index (χ4v) is 18.4. The van der Waals surface area contributed by atoms with E-state index in [1.807, 2.05) is 0 Å². The third-order valence-electron chi connectivity index (χ3n) is 24.1. The van der Waals surface area contributed by atoms with Gasteiger partial charge < -0.3 is 128 Å². The lowest BCUT2D eigenvalue weighted by Gasteiger charge is -2.71. The van der Waals surface area contributed by atoms with Gasteiger partial charge in [0.1, 0.15) is 110 Å². The van der Waals surface area contributed by atoms with Crippen molar-refractivity contribution in [2.24, 2.45) is 50.2 Å². The van der Waals surface area contributed by atoms with Crippen LogP contribution in [-0.2, 0) is 61.6 Å². The summed E-state index contributed by atoms with van der Waals surface area (Å²) in [5.41, 5.74) is -0.123. The molecule has 27 heteroatoms. The SMILES string of the molecule is C[C@@H]1O[C@@H](O[C@H]2[C@H](O[C@H]3CC[C@]4(C)[C@H]5CC=C6[C@@H]7CC(C)(C)CC[C@]7(C(=O)O)CC[C@@]6(C)[C@]5(C)CC[C@H]4C3(C)C)OC[C@H](O)[C@@H]2O)[C@H](O)[C@H](O[C@@H]2OC[C@@H](O)[C@H](O[C@@H]3O[C@@H](C)[C@H](O[C@@H]4OC[C@@H](O)[C@H](O[C@@H]5OC[C@@H](O)[C@H](O)[C@H]5O)[C@H]4O)[C@@H](O)[C@H]3O)[C@H]2O)[C@H]1O. The molecule has 11 aliphatic rings. The molecule has 11 rings (SSSR count). The van der Waals surface area contributed by atoms with Crippen LogP contribution < -0.4 is 0 Å². The van der Waals surface area contributed by atoms with E-state index in [0.717, 1.165) is 44.9 Å². The molecule has 89 heavy (non-hydrogen) atoms. The van der Waals surface area contributed by atoms with Crippen molar-refractivity contribution in [1.29, 1.82) is 0 Å². The number of allylic oxidation sites excluding steroid dienone is 2. The maximum atomic E-state index is 13.2. The summed E-state index contributed by atoms with van der Waals surface area (Å²) < 4.78 is 71.2. The van der Waals surface area contributed by atoms with Crippen LogP contribution in [0.4, 0.5) is 0 Å². The summed E-state index contributed by atoms with van der Waals surface area (Å²) in [4.78, 5) is 13.2. The fourth-order valence-electron chi connectivity index (χ4n) is 18.4. The van der Waals surface area contributed by atoms with Crippen LogP contribution >= 0.6 is 0 Å². The predicted octanol–water partition coefficient (Wildman–Crippen LogP) is -1.21. The summed E-state index contributed by atoms with van der Waals surface area (Å²) in [6.45, 7) is 17.5. The van der Waals surface area contributed by atoms with E-state index in [-0.39, 0.29) is 40.1 Å². The van der Waals surface area contributed by atoms with Crippen LogP contribution in [0.1, 0.15) is 127 Å². The van der Waals surface area contributed by atoms with Crippen molar-refractivity contribution in [3.63, 3.8) is 0 Å². The minimum atomic E-state index is -1.95. The fraction of sp³-hybridized carbons (Fsp3) is 0.952. The molecule has 0 amide bonds. The van der Waals surface area contributed by atoms with Gasteiger partial charge in [-0.1, -0.05) is 60.1 Å². The summed E-state index contributed by atoms with van der Waals surface area (Å²) >= 11 is 0. The number of carboxylic acid groups (broad SMARTS) is 1. The summed E-state index contributed by atoms with van der Waals surface area (Å²) in [7, 11) is 0. The molecule has 510 valence electrons. The van der Waals surface area contributed by atoms with Gasteiger partial charge in [-0.15, -0.1) is 0 Å². The smallest absolute Gasteiger partial charge is 0.310 e. The molecule has 27 nitrogen and oxygen atoms in total. The molecular formula is C62H100O27. The zero-order valence-corrected chi connectivity index (χ0v) is 52.4. The van der Waals surface area contributed by atoms with Gasteiger partial charge in [0.15, 0.2) is 37.7 Å². The van der Waals surface area contributed by atoms with E-state index in [1.54, 1.807) is 0 Å². The zero-order valence-electron chi connectivity index (χ0n) is 52.4. The molecule has 0 aromatic carbocycles. The van der Waals surface area contributed by atoms with Gasteiger partial charge in [-0.3, -0.25) is 4.79 Å². The molecule has 0 radical (unpaired) electrons. The molecule has 6 saturated heterocycles. The first-order valence-corrected chi connectivity index (χ1v) is 32.2. The molecule has 0 spiro atoms. The van der Waals surface area contributed by atoms with Crippen molar-refractivity contribution >= 4 is 5.97 Å². The molecule has 4 saturated carbocycles. The molecule has 0 aromatic heterocycles. The average Bonchev–Trinajstić information content (AvgIpc) is 0.689. The normalized spacial score (nSPS) is 55.0. The van der Waals surface area contributed by atoms with E-state index in [0.29, 0.717) is 25.2 Å². The second-order valence-corrected chi connectivity index (χ2v) is 30.1. The van der Waals surface area contributed by atoms with Crippen molar-refractivity contribution in [3.05, 3.63) is 11.6 Å². The molecular weight excluding hydrogens is 1180 g/mol. The van der Waals surface area contributed by atoms with E-state index in [4.69, 9.17) is 56.8 Å². The zero-order chi connectivity index (χ0) is 64.6. The second-order valence-electron chi connectivity index (χ2n) is 30.1. The third kappa shape index (κ3) is 11.8. The molecule has 0 unspecified atom stereocenters. The molecule has 10 fully saturated rings. The average molecular weight is 1280 g/mol. The highest BCUT2D eigenvalue weighted by Gasteiger charge is 2.70. The van der Waals surface area contributed by atoms with E-state index >= 15 is 0 Å². The van der Waals surface area contributed by atoms with Gasteiger partial charge in [-0.05, 0) is 123 Å². The summed E-state index contributed by atoms with van der Waals surface area (Å²) in [5.74, 6) is -0.153. The van der Waals surface area contributed by atoms with Gasteiger partial charge >= 0.3 is 5.97 Å². The van der Waals surface area contributed by atoms with Gasteiger partial charge in [0, 0.05) is 0 Å². The second kappa shape index (κ2) is 25.3. The van der Waals surface area contributed by atoms with Crippen LogP contribution in [0.3, 0.4) is 0 Å². The highest BCUT2D eigenvalue weighted by molar-refractivity contribution is 5.76. The minimum Gasteiger partial charge on any atom is -0.481 e. The van der Waals surface area contributed by atoms with Gasteiger partial charge in [-0.25, -0.2) is 0 Å². The number of aliphatic hydroxyl groups excluding tert-OH is 13. The lowest BCUT2D eigenvalue weighted by molar-refractivity contribution is -0.387. The van der Waals surface area contributed by atoms with Crippen molar-refractivity contribution < 1.29 is 133 Å². The molecule has 0 aromatic rings. The molecule has 0 bridgehead atoms. The van der Waals surface area contributed by atoms with Crippen LogP contribution in [0.15, 0.2) is 11.6 Å². The predicted molar refractivity (Wildman–Crippen MR) is 302 cm³/mol. The topological polar surface area (TPSA) is 411 Å². The Morgan fingerprint density at radius 3 is 1.58 bits per heavy atom. The Balaban J connectivity index is 0.724. The number of fused-ring (bicyclic) bond motifs is 7. The highest BCUT2D eigenvalue weighted by atomic mass is 16.8. The quantitative estimate of drug-likeness (QED) is 0.0760. The number of carbonyl (C=O) groups is 1. The monoisotopic (exact) mass is 1280 g/mol. The van der Waals surface area contributed by atoms with Crippen molar-refractivity contribution in [3.8, 4) is 0 Å². The lowest BCUT2D eigenvalue weighted by Crippen LogP contribution is -2.66. The molecule has 5 aliphatic carbocycles. The molecule has 34 atom stereocenters. The van der Waals surface area contributed by atoms with E-state index in [1.165, 1.54) is 19.4 Å². The summed E-state index contributed by atoms with van der Waals surface area (Å²) in [5, 5.41) is 155. The maximum Gasteiger partial charge on any atom is 0.310 e. The van der Waals surface area contributed by atoms with Crippen LogP contribution in [-0.4, -0.2) is 270 Å². The van der Waals surface area contributed by atoms with Gasteiger partial charge in [0.25, 0.3) is 0 Å². The van der Waals surface area contributed by atoms with Crippen LogP contribution in [0.5, 0.6) is 0 Å². The van der Waals surface area contributed by atoms with Crippen LogP contribution in [0, 0.1) is 50.2 Å². The summed E-state index contributed by atoms with van der Waals surface area (Å²) in [6.07, 6.45) is -31.5. The largest absolute Gasteiger partial charge is 0.481 e. The number of ether oxygens (including phenoxy) is 12. The van der Waals surface area contributed by atoms with Gasteiger partial charge in [-0.2, -0.15) is 0 Å². The Kier molecular flexibility index (Phi) is 19.5. The van der Waals surface area contributed by atoms with Crippen LogP contribution in [0.2, 0.25) is 0 Å². The standard InChI is InChI=1S/C62H100O27/c1-25-36(67)48(88-52-43(74)47(32(66)24-80-52)87-53-41(72)39(70)45(26(2)83-53)85-51-42(73)46(31(65)23-79-51)86-50-40(71)37(68)29(63)21-78-50)44(75)54(82-25)89-49-38(69)30(64)22-81-55(49)84-35-13-14-59(7)33(58(35,5)6)12-15-61(9)34(59)11-10-27-28-20-57(3,4)16-18-62(28,56(76)77)19-17-60(27,61)8/h10,25-26,28-55,63-75H,11-24H2,1-9H3,(H,76,77)/t25-,26-,28-,29+,30-,31+,32+,33-,34+,35-,36-,37-,38-,39-,40+,41+,42+,43+,44+,45-,46-,47-,48+,49+,50-,51-,52-,53-,54-,55-,59-,60+,61+,62-/m0/s1. The highest BCUT2D eigenvalue weighted by Crippen LogP contribution is 2.76. The van der Waals surface area contributed by atoms with E-state index < -0.39 is 203 Å². The Morgan fingerprint density at radius 2 is 0.955 bits per heavy atom. The molecule has 6 aliphatic heterocycles. The van der Waals surface area contributed by atoms with E-state index in [9.17, 15) is 76.3 Å².